The van der Waals surface area contributed by atoms with Gasteiger partial charge in [-0.2, -0.15) is 0 Å². The van der Waals surface area contributed by atoms with E-state index < -0.39 is 0 Å². The zero-order valence-corrected chi connectivity index (χ0v) is 13.1. The second kappa shape index (κ2) is 6.10. The van der Waals surface area contributed by atoms with E-state index in [1.54, 1.807) is 13.2 Å². The molecule has 1 aromatic carbocycles. The maximum atomic E-state index is 12.3. The van der Waals surface area contributed by atoms with E-state index in [1.807, 2.05) is 25.1 Å². The molecule has 22 heavy (non-hydrogen) atoms. The summed E-state index contributed by atoms with van der Waals surface area (Å²) in [6.07, 6.45) is 2.10. The maximum Gasteiger partial charge on any atom is 0.287 e. The number of aryl methyl sites for hydroxylation is 1. The molecule has 5 heteroatoms. The fraction of sp³-hybridized carbons (Fsp3) is 0.471. The minimum atomic E-state index is -0.182. The van der Waals surface area contributed by atoms with Crippen molar-refractivity contribution in [2.75, 3.05) is 26.8 Å². The molecule has 1 atom stereocenters. The van der Waals surface area contributed by atoms with Gasteiger partial charge in [-0.15, -0.1) is 0 Å². The largest absolute Gasteiger partial charge is 0.451 e. The third kappa shape index (κ3) is 3.00. The molecule has 0 radical (unpaired) electrons. The van der Waals surface area contributed by atoms with Crippen molar-refractivity contribution >= 4 is 16.9 Å². The summed E-state index contributed by atoms with van der Waals surface area (Å²) in [7, 11) is 1.69. The van der Waals surface area contributed by atoms with Crippen molar-refractivity contribution in [1.29, 1.82) is 0 Å². The van der Waals surface area contributed by atoms with Crippen LogP contribution in [0.15, 0.2) is 28.7 Å². The molecule has 0 aliphatic carbocycles. The standard InChI is InChI=1S/C17H22N2O3/c1-12-4-5-14-13(8-12)9-15(22-14)16(20)18-10-17(11-21-2)6-3-7-19-17/h4-5,8-9,19H,3,6-7,10-11H2,1-2H3,(H,18,20). The molecule has 3 rings (SSSR count). The highest BCUT2D eigenvalue weighted by molar-refractivity contribution is 5.96. The molecule has 1 saturated heterocycles. The number of amides is 1. The lowest BCUT2D eigenvalue weighted by molar-refractivity contribution is 0.0869. The summed E-state index contributed by atoms with van der Waals surface area (Å²) in [6.45, 7) is 4.11. The fourth-order valence-electron chi connectivity index (χ4n) is 3.08. The maximum absolute atomic E-state index is 12.3. The Labute approximate surface area is 130 Å². The third-order valence-corrected chi connectivity index (χ3v) is 4.24. The molecule has 1 unspecified atom stereocenters. The van der Waals surface area contributed by atoms with Crippen molar-refractivity contribution in [2.45, 2.75) is 25.3 Å². The number of methoxy groups -OCH3 is 1. The van der Waals surface area contributed by atoms with Crippen molar-refractivity contribution in [1.82, 2.24) is 10.6 Å². The Bertz CT molecular complexity index is 672. The van der Waals surface area contributed by atoms with Gasteiger partial charge in [0.1, 0.15) is 5.58 Å². The van der Waals surface area contributed by atoms with Crippen LogP contribution in [-0.2, 0) is 4.74 Å². The van der Waals surface area contributed by atoms with Crippen LogP contribution in [0.5, 0.6) is 0 Å². The number of hydrogen-bond acceptors (Lipinski definition) is 4. The highest BCUT2D eigenvalue weighted by Crippen LogP contribution is 2.22. The molecule has 1 aliphatic heterocycles. The van der Waals surface area contributed by atoms with E-state index in [1.165, 1.54) is 0 Å². The first kappa shape index (κ1) is 15.1. The van der Waals surface area contributed by atoms with Crippen LogP contribution in [0.25, 0.3) is 11.0 Å². The van der Waals surface area contributed by atoms with Gasteiger partial charge >= 0.3 is 0 Å². The Morgan fingerprint density at radius 1 is 1.45 bits per heavy atom. The van der Waals surface area contributed by atoms with Gasteiger partial charge in [-0.25, -0.2) is 0 Å². The van der Waals surface area contributed by atoms with Crippen molar-refractivity contribution in [2.24, 2.45) is 0 Å². The summed E-state index contributed by atoms with van der Waals surface area (Å²) < 4.78 is 10.9. The van der Waals surface area contributed by atoms with E-state index in [2.05, 4.69) is 10.6 Å². The molecule has 118 valence electrons. The van der Waals surface area contributed by atoms with Crippen LogP contribution in [0.1, 0.15) is 29.0 Å². The lowest BCUT2D eigenvalue weighted by atomic mass is 9.98. The van der Waals surface area contributed by atoms with E-state index >= 15 is 0 Å². The number of furan rings is 1. The van der Waals surface area contributed by atoms with E-state index in [4.69, 9.17) is 9.15 Å². The predicted octanol–water partition coefficient (Wildman–Crippen LogP) is 2.24. The van der Waals surface area contributed by atoms with Gasteiger partial charge in [0.15, 0.2) is 5.76 Å². The van der Waals surface area contributed by atoms with Gasteiger partial charge in [0.2, 0.25) is 0 Å². The molecule has 5 nitrogen and oxygen atoms in total. The molecule has 0 spiro atoms. The van der Waals surface area contributed by atoms with Crippen LogP contribution in [0, 0.1) is 6.92 Å². The van der Waals surface area contributed by atoms with Crippen LogP contribution in [-0.4, -0.2) is 38.3 Å². The van der Waals surface area contributed by atoms with E-state index in [9.17, 15) is 4.79 Å². The van der Waals surface area contributed by atoms with Gasteiger partial charge in [0.05, 0.1) is 12.1 Å². The number of ether oxygens (including phenoxy) is 1. The van der Waals surface area contributed by atoms with E-state index in [-0.39, 0.29) is 11.4 Å². The first-order chi connectivity index (χ1) is 10.6. The number of nitrogens with one attached hydrogen (secondary N) is 2. The quantitative estimate of drug-likeness (QED) is 0.889. The van der Waals surface area contributed by atoms with Crippen LogP contribution in [0.2, 0.25) is 0 Å². The van der Waals surface area contributed by atoms with Crippen LogP contribution in [0.3, 0.4) is 0 Å². The zero-order valence-electron chi connectivity index (χ0n) is 13.1. The smallest absolute Gasteiger partial charge is 0.287 e. The fourth-order valence-corrected chi connectivity index (χ4v) is 3.08. The Morgan fingerprint density at radius 2 is 2.32 bits per heavy atom. The molecule has 1 aliphatic rings. The Hall–Kier alpha value is -1.85. The van der Waals surface area contributed by atoms with Gasteiger partial charge in [0.25, 0.3) is 5.91 Å². The Balaban J connectivity index is 1.70. The minimum absolute atomic E-state index is 0.160. The highest BCUT2D eigenvalue weighted by atomic mass is 16.5. The molecule has 1 amide bonds. The van der Waals surface area contributed by atoms with Crippen LogP contribution >= 0.6 is 0 Å². The Morgan fingerprint density at radius 3 is 3.05 bits per heavy atom. The van der Waals surface area contributed by atoms with Crippen molar-refractivity contribution in [3.05, 3.63) is 35.6 Å². The first-order valence-electron chi connectivity index (χ1n) is 7.64. The Kier molecular flexibility index (Phi) is 4.18. The van der Waals surface area contributed by atoms with E-state index in [0.29, 0.717) is 18.9 Å². The zero-order chi connectivity index (χ0) is 15.6. The number of benzene rings is 1. The van der Waals surface area contributed by atoms with Gasteiger partial charge in [-0.3, -0.25) is 4.79 Å². The molecule has 0 bridgehead atoms. The van der Waals surface area contributed by atoms with Crippen molar-refractivity contribution < 1.29 is 13.9 Å². The molecular weight excluding hydrogens is 280 g/mol. The first-order valence-corrected chi connectivity index (χ1v) is 7.64. The van der Waals surface area contributed by atoms with Gasteiger partial charge in [-0.05, 0) is 44.5 Å². The second-order valence-electron chi connectivity index (χ2n) is 6.08. The molecular formula is C17H22N2O3. The second-order valence-corrected chi connectivity index (χ2v) is 6.08. The van der Waals surface area contributed by atoms with E-state index in [0.717, 1.165) is 35.9 Å². The lowest BCUT2D eigenvalue weighted by Gasteiger charge is -2.28. The minimum Gasteiger partial charge on any atom is -0.451 e. The molecule has 2 heterocycles. The summed E-state index contributed by atoms with van der Waals surface area (Å²) in [4.78, 5) is 12.3. The summed E-state index contributed by atoms with van der Waals surface area (Å²) in [6, 6.07) is 7.68. The average Bonchev–Trinajstić information content (AvgIpc) is 3.12. The third-order valence-electron chi connectivity index (χ3n) is 4.24. The van der Waals surface area contributed by atoms with Crippen LogP contribution < -0.4 is 10.6 Å². The number of carbonyl (C=O) groups excluding carboxylic acids is 1. The number of carbonyl (C=O) groups is 1. The molecule has 1 aromatic heterocycles. The lowest BCUT2D eigenvalue weighted by Crippen LogP contribution is -2.52. The molecule has 2 aromatic rings. The van der Waals surface area contributed by atoms with Crippen molar-refractivity contribution in [3.8, 4) is 0 Å². The SMILES string of the molecule is COCC1(CNC(=O)c2cc3cc(C)ccc3o2)CCCN1. The number of fused-ring (bicyclic) bond motifs is 1. The predicted molar refractivity (Wildman–Crippen MR) is 85.1 cm³/mol. The topological polar surface area (TPSA) is 63.5 Å². The van der Waals surface area contributed by atoms with Gasteiger partial charge in [-0.1, -0.05) is 11.6 Å². The van der Waals surface area contributed by atoms with Crippen molar-refractivity contribution in [3.63, 3.8) is 0 Å². The monoisotopic (exact) mass is 302 g/mol. The summed E-state index contributed by atoms with van der Waals surface area (Å²) >= 11 is 0. The molecule has 2 N–H and O–H groups in total. The summed E-state index contributed by atoms with van der Waals surface area (Å²) in [5.74, 6) is 0.171. The van der Waals surface area contributed by atoms with Gasteiger partial charge in [0, 0.05) is 19.0 Å². The number of hydrogen-bond donors (Lipinski definition) is 2. The summed E-state index contributed by atoms with van der Waals surface area (Å²) in [5, 5.41) is 7.36. The summed E-state index contributed by atoms with van der Waals surface area (Å²) in [5.41, 5.74) is 1.73. The normalized spacial score (nSPS) is 21.4. The highest BCUT2D eigenvalue weighted by Gasteiger charge is 2.34. The van der Waals surface area contributed by atoms with Crippen LogP contribution in [0.4, 0.5) is 0 Å². The average molecular weight is 302 g/mol. The molecule has 1 fully saturated rings. The molecule has 0 saturated carbocycles. The number of rotatable bonds is 5. The van der Waals surface area contributed by atoms with Gasteiger partial charge < -0.3 is 19.8 Å².